The summed E-state index contributed by atoms with van der Waals surface area (Å²) in [5, 5.41) is 0.767. The van der Waals surface area contributed by atoms with Crippen LogP contribution in [0, 0.1) is 5.92 Å². The van der Waals surface area contributed by atoms with Crippen molar-refractivity contribution < 1.29 is 4.79 Å². The van der Waals surface area contributed by atoms with Gasteiger partial charge in [-0.05, 0) is 69.1 Å². The minimum Gasteiger partial charge on any atom is -0.306 e. The molecule has 24 heavy (non-hydrogen) atoms. The molecule has 0 aliphatic carbocycles. The third kappa shape index (κ3) is 4.25. The molecule has 1 aliphatic rings. The largest absolute Gasteiger partial charge is 0.306 e. The third-order valence-electron chi connectivity index (χ3n) is 4.94. The second kappa shape index (κ2) is 7.96. The van der Waals surface area contributed by atoms with Gasteiger partial charge in [-0.1, -0.05) is 48.0 Å². The molecule has 2 nitrogen and oxygen atoms in total. The summed E-state index contributed by atoms with van der Waals surface area (Å²) in [4.78, 5) is 15.3. The summed E-state index contributed by atoms with van der Waals surface area (Å²) in [6.07, 6.45) is 3.71. The van der Waals surface area contributed by atoms with Crippen LogP contribution in [0.25, 0.3) is 0 Å². The Labute approximate surface area is 149 Å². The fourth-order valence-corrected chi connectivity index (χ4v) is 3.65. The number of Topliss-reactive ketones (excluding diaryl/α,β-unsaturated/α-hetero) is 1. The number of piperidine rings is 1. The van der Waals surface area contributed by atoms with Gasteiger partial charge in [0.15, 0.2) is 5.78 Å². The van der Waals surface area contributed by atoms with Gasteiger partial charge >= 0.3 is 0 Å². The predicted molar refractivity (Wildman–Crippen MR) is 99.9 cm³/mol. The molecule has 0 atom stereocenters. The van der Waals surface area contributed by atoms with Gasteiger partial charge < -0.3 is 4.90 Å². The van der Waals surface area contributed by atoms with E-state index in [1.165, 1.54) is 5.56 Å². The molecule has 0 amide bonds. The van der Waals surface area contributed by atoms with Gasteiger partial charge in [-0.25, -0.2) is 0 Å². The molecule has 1 fully saturated rings. The van der Waals surface area contributed by atoms with Crippen LogP contribution in [0.15, 0.2) is 48.5 Å². The SMILES string of the molecule is CN1CCC(C(=O)c2ccccc2CCc2cccc(Cl)c2)CC1. The van der Waals surface area contributed by atoms with E-state index in [2.05, 4.69) is 24.1 Å². The van der Waals surface area contributed by atoms with E-state index in [4.69, 9.17) is 11.6 Å². The lowest BCUT2D eigenvalue weighted by Crippen LogP contribution is -2.33. The number of nitrogens with zero attached hydrogens (tertiary/aromatic N) is 1. The minimum absolute atomic E-state index is 0.175. The maximum Gasteiger partial charge on any atom is 0.166 e. The van der Waals surface area contributed by atoms with Crippen molar-refractivity contribution in [3.8, 4) is 0 Å². The van der Waals surface area contributed by atoms with Crippen LogP contribution in [-0.4, -0.2) is 30.8 Å². The molecule has 0 aromatic heterocycles. The van der Waals surface area contributed by atoms with E-state index in [0.29, 0.717) is 5.78 Å². The van der Waals surface area contributed by atoms with Crippen LogP contribution < -0.4 is 0 Å². The quantitative estimate of drug-likeness (QED) is 0.738. The molecule has 0 bridgehead atoms. The molecule has 1 heterocycles. The van der Waals surface area contributed by atoms with Crippen molar-refractivity contribution in [2.75, 3.05) is 20.1 Å². The first-order chi connectivity index (χ1) is 11.6. The lowest BCUT2D eigenvalue weighted by Gasteiger charge is -2.28. The van der Waals surface area contributed by atoms with E-state index < -0.39 is 0 Å². The van der Waals surface area contributed by atoms with Gasteiger partial charge in [0.1, 0.15) is 0 Å². The van der Waals surface area contributed by atoms with E-state index in [0.717, 1.165) is 54.9 Å². The fraction of sp³-hybridized carbons (Fsp3) is 0.381. The number of rotatable bonds is 5. The van der Waals surface area contributed by atoms with Gasteiger partial charge in [0.2, 0.25) is 0 Å². The molecule has 3 heteroatoms. The zero-order valence-electron chi connectivity index (χ0n) is 14.2. The van der Waals surface area contributed by atoms with Gasteiger partial charge in [-0.3, -0.25) is 4.79 Å². The number of likely N-dealkylation sites (tertiary alicyclic amines) is 1. The van der Waals surface area contributed by atoms with Crippen LogP contribution in [0.3, 0.4) is 0 Å². The summed E-state index contributed by atoms with van der Waals surface area (Å²) >= 11 is 6.06. The van der Waals surface area contributed by atoms with Crippen molar-refractivity contribution >= 4 is 17.4 Å². The maximum atomic E-state index is 13.0. The fourth-order valence-electron chi connectivity index (χ4n) is 3.44. The highest BCUT2D eigenvalue weighted by atomic mass is 35.5. The lowest BCUT2D eigenvalue weighted by molar-refractivity contribution is 0.0856. The van der Waals surface area contributed by atoms with Crippen molar-refractivity contribution in [1.82, 2.24) is 4.90 Å². The highest BCUT2D eigenvalue weighted by Crippen LogP contribution is 2.24. The zero-order valence-corrected chi connectivity index (χ0v) is 14.9. The Hall–Kier alpha value is -1.64. The van der Waals surface area contributed by atoms with Crippen molar-refractivity contribution in [1.29, 1.82) is 0 Å². The number of carbonyl (C=O) groups excluding carboxylic acids is 1. The first-order valence-corrected chi connectivity index (χ1v) is 9.06. The normalized spacial score (nSPS) is 16.2. The zero-order chi connectivity index (χ0) is 16.9. The molecule has 0 saturated carbocycles. The first-order valence-electron chi connectivity index (χ1n) is 8.68. The summed E-state index contributed by atoms with van der Waals surface area (Å²) in [7, 11) is 2.12. The summed E-state index contributed by atoms with van der Waals surface area (Å²) in [5.41, 5.74) is 3.28. The minimum atomic E-state index is 0.175. The van der Waals surface area contributed by atoms with Crippen molar-refractivity contribution in [2.45, 2.75) is 25.7 Å². The molecular formula is C21H24ClNO. The van der Waals surface area contributed by atoms with Crippen molar-refractivity contribution in [3.63, 3.8) is 0 Å². The standard InChI is InChI=1S/C21H24ClNO/c1-23-13-11-18(12-14-23)21(24)20-8-3-2-6-17(20)10-9-16-5-4-7-19(22)15-16/h2-8,15,18H,9-14H2,1H3. The Kier molecular flexibility index (Phi) is 5.70. The van der Waals surface area contributed by atoms with Gasteiger partial charge in [-0.15, -0.1) is 0 Å². The first kappa shape index (κ1) is 17.2. The average molecular weight is 342 g/mol. The van der Waals surface area contributed by atoms with Crippen LogP contribution >= 0.6 is 11.6 Å². The average Bonchev–Trinajstić information content (AvgIpc) is 2.60. The number of ketones is 1. The molecule has 0 unspecified atom stereocenters. The molecule has 1 aliphatic heterocycles. The van der Waals surface area contributed by atoms with Gasteiger partial charge in [0.25, 0.3) is 0 Å². The smallest absolute Gasteiger partial charge is 0.166 e. The number of hydrogen-bond acceptors (Lipinski definition) is 2. The van der Waals surface area contributed by atoms with Crippen molar-refractivity contribution in [2.24, 2.45) is 5.92 Å². The van der Waals surface area contributed by atoms with E-state index in [9.17, 15) is 4.79 Å². The van der Waals surface area contributed by atoms with E-state index in [1.54, 1.807) is 0 Å². The van der Waals surface area contributed by atoms with E-state index in [1.807, 2.05) is 36.4 Å². The van der Waals surface area contributed by atoms with E-state index in [-0.39, 0.29) is 5.92 Å². The highest BCUT2D eigenvalue weighted by molar-refractivity contribution is 6.30. The summed E-state index contributed by atoms with van der Waals surface area (Å²) in [6.45, 7) is 2.03. The number of benzene rings is 2. The monoisotopic (exact) mass is 341 g/mol. The summed E-state index contributed by atoms with van der Waals surface area (Å²) in [5.74, 6) is 0.498. The Morgan fingerprint density at radius 2 is 1.83 bits per heavy atom. The maximum absolute atomic E-state index is 13.0. The van der Waals surface area contributed by atoms with Gasteiger partial charge in [0.05, 0.1) is 0 Å². The molecule has 1 saturated heterocycles. The topological polar surface area (TPSA) is 20.3 Å². The van der Waals surface area contributed by atoms with Crippen molar-refractivity contribution in [3.05, 3.63) is 70.2 Å². The lowest BCUT2D eigenvalue weighted by atomic mass is 9.86. The third-order valence-corrected chi connectivity index (χ3v) is 5.18. The summed E-state index contributed by atoms with van der Waals surface area (Å²) < 4.78 is 0. The Morgan fingerprint density at radius 3 is 2.58 bits per heavy atom. The number of hydrogen-bond donors (Lipinski definition) is 0. The molecule has 0 radical (unpaired) electrons. The molecule has 0 spiro atoms. The van der Waals surface area contributed by atoms with Crippen LogP contribution in [0.1, 0.15) is 34.3 Å². The van der Waals surface area contributed by atoms with Gasteiger partial charge in [0, 0.05) is 16.5 Å². The highest BCUT2D eigenvalue weighted by Gasteiger charge is 2.25. The van der Waals surface area contributed by atoms with Crippen LogP contribution in [0.5, 0.6) is 0 Å². The molecule has 3 rings (SSSR count). The van der Waals surface area contributed by atoms with Crippen LogP contribution in [0.4, 0.5) is 0 Å². The number of halogens is 1. The second-order valence-electron chi connectivity index (χ2n) is 6.73. The van der Waals surface area contributed by atoms with Crippen LogP contribution in [0.2, 0.25) is 5.02 Å². The van der Waals surface area contributed by atoms with E-state index >= 15 is 0 Å². The second-order valence-corrected chi connectivity index (χ2v) is 7.17. The molecule has 2 aromatic rings. The Balaban J connectivity index is 1.71. The Bertz CT molecular complexity index is 704. The number of aryl methyl sites for hydroxylation is 2. The molecular weight excluding hydrogens is 318 g/mol. The summed E-state index contributed by atoms with van der Waals surface area (Å²) in [6, 6.07) is 16.1. The Morgan fingerprint density at radius 1 is 1.08 bits per heavy atom. The molecule has 2 aromatic carbocycles. The van der Waals surface area contributed by atoms with Crippen LogP contribution in [-0.2, 0) is 12.8 Å². The molecule has 126 valence electrons. The predicted octanol–water partition coefficient (Wildman–Crippen LogP) is 4.65. The number of carbonyl (C=O) groups is 1. The molecule has 0 N–H and O–H groups in total. The van der Waals surface area contributed by atoms with Gasteiger partial charge in [-0.2, -0.15) is 0 Å².